The van der Waals surface area contributed by atoms with Gasteiger partial charge in [-0.1, -0.05) is 0 Å². The van der Waals surface area contributed by atoms with E-state index in [4.69, 9.17) is 47.4 Å². The lowest BCUT2D eigenvalue weighted by molar-refractivity contribution is -0.140. The maximum atomic E-state index is 14.6. The minimum Gasteiger partial charge on any atom is -0.493 e. The molecule has 0 fully saturated rings. The van der Waals surface area contributed by atoms with E-state index in [2.05, 4.69) is 0 Å². The summed E-state index contributed by atoms with van der Waals surface area (Å²) < 4.78 is 58.1. The van der Waals surface area contributed by atoms with E-state index in [1.165, 1.54) is 0 Å². The molecule has 0 aliphatic heterocycles. The normalized spacial score (nSPS) is 15.1. The summed E-state index contributed by atoms with van der Waals surface area (Å²) in [5.41, 5.74) is 5.87. The van der Waals surface area contributed by atoms with Gasteiger partial charge in [0.25, 0.3) is 0 Å². The van der Waals surface area contributed by atoms with E-state index in [0.29, 0.717) is 90.5 Å². The molecule has 0 aromatic heterocycles. The molecule has 2 unspecified atom stereocenters. The Labute approximate surface area is 326 Å². The number of methoxy groups -OCH3 is 8. The molecule has 294 valence electrons. The Morgan fingerprint density at radius 3 is 0.964 bits per heavy atom. The fourth-order valence-electron chi connectivity index (χ4n) is 7.63. The molecule has 12 heteroatoms. The number of ether oxygens (including phenoxy) is 10. The van der Waals surface area contributed by atoms with Crippen LogP contribution in [0.4, 0.5) is 0 Å². The van der Waals surface area contributed by atoms with E-state index in [1.807, 2.05) is 48.5 Å². The maximum Gasteiger partial charge on any atom is 0.334 e. The van der Waals surface area contributed by atoms with E-state index in [1.54, 1.807) is 82.9 Å². The van der Waals surface area contributed by atoms with Gasteiger partial charge in [-0.05, 0) is 119 Å². The van der Waals surface area contributed by atoms with Gasteiger partial charge in [-0.2, -0.15) is 0 Å². The second-order valence-electron chi connectivity index (χ2n) is 12.8. The van der Waals surface area contributed by atoms with Crippen LogP contribution in [0, 0.1) is 0 Å². The van der Waals surface area contributed by atoms with Crippen LogP contribution in [-0.4, -0.2) is 82.0 Å². The van der Waals surface area contributed by atoms with Crippen LogP contribution in [0.3, 0.4) is 0 Å². The zero-order chi connectivity index (χ0) is 40.3. The molecule has 0 spiro atoms. The fraction of sp³-hybridized carbons (Fsp3) is 0.318. The largest absolute Gasteiger partial charge is 0.493 e. The average Bonchev–Trinajstić information content (AvgIpc) is 3.44. The van der Waals surface area contributed by atoms with Gasteiger partial charge in [0.1, 0.15) is 0 Å². The molecule has 0 radical (unpaired) electrons. The summed E-state index contributed by atoms with van der Waals surface area (Å²) in [4.78, 5) is 29.1. The number of carbonyl (C=O) groups excluding carboxylic acids is 2. The molecule has 6 rings (SSSR count). The van der Waals surface area contributed by atoms with Crippen LogP contribution < -0.4 is 37.9 Å². The minimum atomic E-state index is -0.918. The summed E-state index contributed by atoms with van der Waals surface area (Å²) in [6, 6.07) is 14.7. The first-order chi connectivity index (χ1) is 27.1. The molecule has 56 heavy (non-hydrogen) atoms. The van der Waals surface area contributed by atoms with E-state index in [-0.39, 0.29) is 24.4 Å². The highest BCUT2D eigenvalue weighted by Crippen LogP contribution is 2.57. The molecule has 2 atom stereocenters. The van der Waals surface area contributed by atoms with Gasteiger partial charge in [-0.3, -0.25) is 0 Å². The van der Waals surface area contributed by atoms with Crippen molar-refractivity contribution in [2.45, 2.75) is 25.7 Å². The van der Waals surface area contributed by atoms with Gasteiger partial charge in [0.15, 0.2) is 46.0 Å². The van der Waals surface area contributed by atoms with Crippen LogP contribution in [-0.2, 0) is 19.1 Å². The van der Waals surface area contributed by atoms with E-state index in [0.717, 1.165) is 0 Å². The summed E-state index contributed by atoms with van der Waals surface area (Å²) in [6.45, 7) is 3.68. The van der Waals surface area contributed by atoms with Gasteiger partial charge < -0.3 is 47.4 Å². The highest BCUT2D eigenvalue weighted by Gasteiger charge is 2.44. The van der Waals surface area contributed by atoms with Gasteiger partial charge in [-0.25, -0.2) is 9.59 Å². The quantitative estimate of drug-likeness (QED) is 0.123. The van der Waals surface area contributed by atoms with Crippen molar-refractivity contribution in [2.75, 3.05) is 70.1 Å². The number of hydrogen-bond acceptors (Lipinski definition) is 12. The Bertz CT molecular complexity index is 2080. The Balaban J connectivity index is 1.85. The fourth-order valence-corrected chi connectivity index (χ4v) is 7.63. The van der Waals surface area contributed by atoms with Crippen molar-refractivity contribution < 1.29 is 57.0 Å². The average molecular weight is 767 g/mol. The molecular weight excluding hydrogens is 720 g/mol. The van der Waals surface area contributed by atoms with Crippen molar-refractivity contribution in [2.24, 2.45) is 0 Å². The molecule has 2 aliphatic carbocycles. The van der Waals surface area contributed by atoms with Gasteiger partial charge >= 0.3 is 11.9 Å². The first kappa shape index (κ1) is 39.4. The lowest BCUT2D eigenvalue weighted by Crippen LogP contribution is -2.26. The van der Waals surface area contributed by atoms with Crippen molar-refractivity contribution in [3.8, 4) is 68.2 Å². The standard InChI is InChI=1S/C44H46O12/c1-11-55-43(45)31-13-23-15-33(47-3)35(49-5)17-25(23)27-19-37(51-7)39(53-9)21-29(27)41(31)42-30-22-40(54-10)38(52-8)20-28(30)26-18-36(50-6)34(48-4)16-24(26)14-32(42)44(46)56-12-2/h13-22,41-42H,11-12H2,1-10H3. The molecular formula is C44H46O12. The Morgan fingerprint density at radius 2 is 0.679 bits per heavy atom. The van der Waals surface area contributed by atoms with Crippen molar-refractivity contribution in [1.82, 2.24) is 0 Å². The molecule has 0 N–H and O–H groups in total. The molecule has 2 aliphatic rings. The Morgan fingerprint density at radius 1 is 0.411 bits per heavy atom. The molecule has 0 heterocycles. The predicted octanol–water partition coefficient (Wildman–Crippen LogP) is 7.88. The summed E-state index contributed by atoms with van der Waals surface area (Å²) in [5, 5.41) is 0. The Kier molecular flexibility index (Phi) is 11.7. The monoisotopic (exact) mass is 766 g/mol. The third-order valence-electron chi connectivity index (χ3n) is 10.1. The number of fused-ring (bicyclic) bond motifs is 6. The van der Waals surface area contributed by atoms with Crippen LogP contribution in [0.1, 0.15) is 47.9 Å². The first-order valence-electron chi connectivity index (χ1n) is 18.0. The van der Waals surface area contributed by atoms with Crippen molar-refractivity contribution >= 4 is 24.1 Å². The van der Waals surface area contributed by atoms with E-state index < -0.39 is 23.8 Å². The summed E-state index contributed by atoms with van der Waals surface area (Å²) >= 11 is 0. The third-order valence-corrected chi connectivity index (χ3v) is 10.1. The first-order valence-corrected chi connectivity index (χ1v) is 18.0. The van der Waals surface area contributed by atoms with Crippen molar-refractivity contribution in [3.63, 3.8) is 0 Å². The minimum absolute atomic E-state index is 0.0956. The highest BCUT2D eigenvalue weighted by atomic mass is 16.5. The zero-order valence-electron chi connectivity index (χ0n) is 33.2. The number of benzene rings is 4. The topological polar surface area (TPSA) is 126 Å². The van der Waals surface area contributed by atoms with Gasteiger partial charge in [-0.15, -0.1) is 0 Å². The maximum absolute atomic E-state index is 14.6. The van der Waals surface area contributed by atoms with Crippen LogP contribution in [0.15, 0.2) is 59.7 Å². The van der Waals surface area contributed by atoms with Crippen LogP contribution in [0.25, 0.3) is 34.4 Å². The second-order valence-corrected chi connectivity index (χ2v) is 12.8. The smallest absolute Gasteiger partial charge is 0.334 e. The zero-order valence-corrected chi connectivity index (χ0v) is 33.2. The lowest BCUT2D eigenvalue weighted by Gasteiger charge is -2.32. The second kappa shape index (κ2) is 16.6. The molecule has 4 aromatic rings. The van der Waals surface area contributed by atoms with Crippen molar-refractivity contribution in [3.05, 3.63) is 81.9 Å². The molecule has 12 nitrogen and oxygen atoms in total. The van der Waals surface area contributed by atoms with E-state index in [9.17, 15) is 9.59 Å². The Hall–Kier alpha value is -6.30. The van der Waals surface area contributed by atoms with Crippen LogP contribution in [0.5, 0.6) is 46.0 Å². The van der Waals surface area contributed by atoms with E-state index >= 15 is 0 Å². The number of rotatable bonds is 13. The number of hydrogen-bond donors (Lipinski definition) is 0. The predicted molar refractivity (Wildman–Crippen MR) is 211 cm³/mol. The number of carbonyl (C=O) groups is 2. The lowest BCUT2D eigenvalue weighted by atomic mass is 9.71. The van der Waals surface area contributed by atoms with Crippen LogP contribution in [0.2, 0.25) is 0 Å². The number of esters is 2. The molecule has 4 aromatic carbocycles. The molecule has 0 amide bonds. The van der Waals surface area contributed by atoms with Crippen molar-refractivity contribution in [1.29, 1.82) is 0 Å². The van der Waals surface area contributed by atoms with Crippen LogP contribution >= 0.6 is 0 Å². The van der Waals surface area contributed by atoms with Gasteiger partial charge in [0, 0.05) is 23.0 Å². The molecule has 0 saturated heterocycles. The highest BCUT2D eigenvalue weighted by molar-refractivity contribution is 6.04. The molecule has 0 saturated carbocycles. The summed E-state index contributed by atoms with van der Waals surface area (Å²) in [5.74, 6) is 0.549. The SMILES string of the molecule is CCOC(=O)C1=Cc2cc(OC)c(OC)cc2-c2cc(OC)c(OC)cc2C1C1C(C(=O)OCC)=Cc2cc(OC)c(OC)cc2-c2cc(OC)c(OC)cc21. The molecule has 0 bridgehead atoms. The summed E-state index contributed by atoms with van der Waals surface area (Å²) in [7, 11) is 12.4. The third kappa shape index (κ3) is 6.80. The van der Waals surface area contributed by atoms with Gasteiger partial charge in [0.05, 0.1) is 70.1 Å². The summed E-state index contributed by atoms with van der Waals surface area (Å²) in [6.07, 6.45) is 3.57. The van der Waals surface area contributed by atoms with Gasteiger partial charge in [0.2, 0.25) is 0 Å².